The zero-order valence-electron chi connectivity index (χ0n) is 15.9. The minimum atomic E-state index is -4.70. The topological polar surface area (TPSA) is 139 Å². The van der Waals surface area contributed by atoms with E-state index >= 15 is 0 Å². The summed E-state index contributed by atoms with van der Waals surface area (Å²) < 4.78 is 39.8. The molecule has 1 aromatic heterocycles. The van der Waals surface area contributed by atoms with Crippen LogP contribution in [0, 0.1) is 5.82 Å². The lowest BCUT2D eigenvalue weighted by Gasteiger charge is -2.15. The van der Waals surface area contributed by atoms with Crippen LogP contribution in [0.4, 0.5) is 25.5 Å². The van der Waals surface area contributed by atoms with E-state index in [0.29, 0.717) is 17.9 Å². The first-order valence-corrected chi connectivity index (χ1v) is 10.6. The molecule has 2 aliphatic rings. The van der Waals surface area contributed by atoms with Crippen molar-refractivity contribution in [3.05, 3.63) is 42.3 Å². The van der Waals surface area contributed by atoms with Crippen molar-refractivity contribution in [1.82, 2.24) is 4.98 Å². The second kappa shape index (κ2) is 8.23. The number of hydrogen-bond acceptors (Lipinski definition) is 7. The maximum Gasteiger partial charge on any atom is 0.469 e. The number of pyridine rings is 1. The Balaban J connectivity index is 1.47. The van der Waals surface area contributed by atoms with Gasteiger partial charge in [-0.1, -0.05) is 0 Å². The predicted octanol–water partition coefficient (Wildman–Crippen LogP) is 2.28. The van der Waals surface area contributed by atoms with Gasteiger partial charge in [-0.25, -0.2) is 23.5 Å². The smallest absolute Gasteiger partial charge is 0.447 e. The molecule has 0 saturated carbocycles. The van der Waals surface area contributed by atoms with Crippen LogP contribution < -0.4 is 9.80 Å². The number of anilines is 2. The Morgan fingerprint density at radius 1 is 1.19 bits per heavy atom. The number of aromatic nitrogens is 1. The zero-order valence-corrected chi connectivity index (χ0v) is 16.8. The first-order chi connectivity index (χ1) is 14.7. The number of carbonyl (C=O) groups is 2. The molecule has 2 aliphatic heterocycles. The Hall–Kier alpha value is -3.05. The average Bonchev–Trinajstić information content (AvgIpc) is 3.31. The molecule has 31 heavy (non-hydrogen) atoms. The SMILES string of the molecule is O=C1O[C@@H](COP(=O)(O)O)CN1c1ccc(-c2ccc(N3CCOC3=O)nc2)c(F)c1. The van der Waals surface area contributed by atoms with Crippen molar-refractivity contribution >= 4 is 31.5 Å². The number of hydrogen-bond donors (Lipinski definition) is 2. The molecule has 3 heterocycles. The molecule has 0 spiro atoms. The third kappa shape index (κ3) is 4.67. The van der Waals surface area contributed by atoms with Crippen molar-refractivity contribution in [2.45, 2.75) is 6.10 Å². The molecule has 0 aliphatic carbocycles. The monoisotopic (exact) mass is 453 g/mol. The number of ether oxygens (including phenoxy) is 2. The normalized spacial score (nSPS) is 19.0. The Morgan fingerprint density at radius 3 is 2.61 bits per heavy atom. The number of amides is 2. The largest absolute Gasteiger partial charge is 0.469 e. The Kier molecular flexibility index (Phi) is 5.63. The highest BCUT2D eigenvalue weighted by Crippen LogP contribution is 2.37. The first kappa shape index (κ1) is 21.2. The number of nitrogens with zero attached hydrogens (tertiary/aromatic N) is 3. The van der Waals surface area contributed by atoms with Crippen LogP contribution in [-0.4, -0.2) is 59.4 Å². The molecule has 0 radical (unpaired) electrons. The summed E-state index contributed by atoms with van der Waals surface area (Å²) in [6, 6.07) is 7.33. The molecule has 2 amide bonds. The van der Waals surface area contributed by atoms with Gasteiger partial charge in [-0.2, -0.15) is 0 Å². The summed E-state index contributed by atoms with van der Waals surface area (Å²) >= 11 is 0. The number of cyclic esters (lactones) is 2. The van der Waals surface area contributed by atoms with E-state index in [0.717, 1.165) is 11.0 Å². The molecule has 13 heteroatoms. The summed E-state index contributed by atoms with van der Waals surface area (Å²) in [5.41, 5.74) is 0.923. The predicted molar refractivity (Wildman–Crippen MR) is 104 cm³/mol. The third-order valence-corrected chi connectivity index (χ3v) is 5.15. The fourth-order valence-electron chi connectivity index (χ4n) is 3.21. The lowest BCUT2D eigenvalue weighted by molar-refractivity contribution is 0.0880. The molecule has 2 aromatic rings. The van der Waals surface area contributed by atoms with Crippen LogP contribution in [0.15, 0.2) is 36.5 Å². The van der Waals surface area contributed by atoms with E-state index in [1.807, 2.05) is 0 Å². The molecule has 2 fully saturated rings. The van der Waals surface area contributed by atoms with E-state index < -0.39 is 38.5 Å². The van der Waals surface area contributed by atoms with Crippen LogP contribution in [0.25, 0.3) is 11.1 Å². The van der Waals surface area contributed by atoms with Gasteiger partial charge in [0.25, 0.3) is 0 Å². The van der Waals surface area contributed by atoms with E-state index in [4.69, 9.17) is 19.3 Å². The highest BCUT2D eigenvalue weighted by molar-refractivity contribution is 7.46. The summed E-state index contributed by atoms with van der Waals surface area (Å²) in [6.07, 6.45) is -0.747. The second-order valence-corrected chi connectivity index (χ2v) is 7.98. The Bertz CT molecular complexity index is 1060. The highest BCUT2D eigenvalue weighted by atomic mass is 31.2. The number of phosphoric acid groups is 1. The molecule has 164 valence electrons. The standard InChI is InChI=1S/C18H17FN3O8P/c19-15-7-12(22-9-13(30-18(22)24)10-29-31(25,26)27)2-3-14(15)11-1-4-16(20-8-11)21-5-6-28-17(21)23/h1-4,7-8,13H,5-6,9-10H2,(H2,25,26,27)/t13-/m1/s1. The van der Waals surface area contributed by atoms with Crippen molar-refractivity contribution in [3.8, 4) is 11.1 Å². The average molecular weight is 453 g/mol. The van der Waals surface area contributed by atoms with Gasteiger partial charge in [0.05, 0.1) is 25.4 Å². The van der Waals surface area contributed by atoms with Gasteiger partial charge in [-0.15, -0.1) is 0 Å². The maximum absolute atomic E-state index is 14.8. The van der Waals surface area contributed by atoms with Crippen molar-refractivity contribution in [1.29, 1.82) is 0 Å². The molecular formula is C18H17FN3O8P. The summed E-state index contributed by atoms with van der Waals surface area (Å²) in [5.74, 6) is -0.220. The number of benzene rings is 1. The van der Waals surface area contributed by atoms with Crippen LogP contribution in [0.1, 0.15) is 0 Å². The Morgan fingerprint density at radius 2 is 2.00 bits per heavy atom. The van der Waals surface area contributed by atoms with Crippen molar-refractivity contribution < 1.29 is 42.3 Å². The van der Waals surface area contributed by atoms with Gasteiger partial charge in [0, 0.05) is 17.3 Å². The lowest BCUT2D eigenvalue weighted by atomic mass is 10.1. The van der Waals surface area contributed by atoms with Gasteiger partial charge in [-0.3, -0.25) is 14.3 Å². The third-order valence-electron chi connectivity index (χ3n) is 4.66. The number of phosphoric ester groups is 1. The minimum Gasteiger partial charge on any atom is -0.447 e. The van der Waals surface area contributed by atoms with E-state index in [2.05, 4.69) is 9.51 Å². The highest BCUT2D eigenvalue weighted by Gasteiger charge is 2.34. The van der Waals surface area contributed by atoms with E-state index in [-0.39, 0.29) is 24.4 Å². The molecule has 0 unspecified atom stereocenters. The minimum absolute atomic E-state index is 0.0557. The van der Waals surface area contributed by atoms with Gasteiger partial charge in [-0.05, 0) is 30.3 Å². The van der Waals surface area contributed by atoms with Crippen LogP contribution in [0.3, 0.4) is 0 Å². The van der Waals surface area contributed by atoms with Crippen LogP contribution >= 0.6 is 7.82 Å². The number of rotatable bonds is 6. The summed E-state index contributed by atoms with van der Waals surface area (Å²) in [7, 11) is -4.70. The van der Waals surface area contributed by atoms with Gasteiger partial charge in [0.1, 0.15) is 24.3 Å². The van der Waals surface area contributed by atoms with E-state index in [9.17, 15) is 18.5 Å². The first-order valence-electron chi connectivity index (χ1n) is 9.10. The van der Waals surface area contributed by atoms with E-state index in [1.165, 1.54) is 23.2 Å². The van der Waals surface area contributed by atoms with Gasteiger partial charge >= 0.3 is 20.0 Å². The summed E-state index contributed by atoms with van der Waals surface area (Å²) in [4.78, 5) is 47.8. The lowest BCUT2D eigenvalue weighted by Crippen LogP contribution is -2.25. The molecule has 4 rings (SSSR count). The number of halogens is 1. The fourth-order valence-corrected chi connectivity index (χ4v) is 3.57. The van der Waals surface area contributed by atoms with Crippen molar-refractivity contribution in [3.63, 3.8) is 0 Å². The summed E-state index contributed by atoms with van der Waals surface area (Å²) in [6.45, 7) is 0.124. The van der Waals surface area contributed by atoms with Crippen molar-refractivity contribution in [2.24, 2.45) is 0 Å². The Labute approximate surface area is 175 Å². The quantitative estimate of drug-likeness (QED) is 0.631. The van der Waals surface area contributed by atoms with Gasteiger partial charge in [0.2, 0.25) is 0 Å². The molecule has 1 atom stereocenters. The van der Waals surface area contributed by atoms with Crippen LogP contribution in [-0.2, 0) is 18.6 Å². The molecular weight excluding hydrogens is 436 g/mol. The zero-order chi connectivity index (χ0) is 22.2. The molecule has 11 nitrogen and oxygen atoms in total. The summed E-state index contributed by atoms with van der Waals surface area (Å²) in [5, 5.41) is 0. The maximum atomic E-state index is 14.8. The van der Waals surface area contributed by atoms with Gasteiger partial charge in [0.15, 0.2) is 0 Å². The van der Waals surface area contributed by atoms with Crippen molar-refractivity contribution in [2.75, 3.05) is 36.1 Å². The fraction of sp³-hybridized carbons (Fsp3) is 0.278. The van der Waals surface area contributed by atoms with Crippen LogP contribution in [0.2, 0.25) is 0 Å². The van der Waals surface area contributed by atoms with E-state index in [1.54, 1.807) is 12.1 Å². The molecule has 1 aromatic carbocycles. The molecule has 2 N–H and O–H groups in total. The number of carbonyl (C=O) groups excluding carboxylic acids is 2. The molecule has 0 bridgehead atoms. The van der Waals surface area contributed by atoms with Crippen LogP contribution in [0.5, 0.6) is 0 Å². The second-order valence-electron chi connectivity index (χ2n) is 6.74. The van der Waals surface area contributed by atoms with Gasteiger partial charge < -0.3 is 19.3 Å². The molecule has 2 saturated heterocycles.